The normalized spacial score (nSPS) is 10.9. The van der Waals surface area contributed by atoms with E-state index in [4.69, 9.17) is 14.2 Å². The maximum absolute atomic E-state index is 12.3. The predicted octanol–water partition coefficient (Wildman–Crippen LogP) is 5.44. The molecule has 1 N–H and O–H groups in total. The molecule has 0 saturated carbocycles. The smallest absolute Gasteiger partial charge is 0.270 e. The number of nitrogens with zero attached hydrogens (tertiary/aromatic N) is 1. The maximum atomic E-state index is 12.3. The van der Waals surface area contributed by atoms with Crippen molar-refractivity contribution in [3.8, 4) is 17.2 Å². The zero-order valence-corrected chi connectivity index (χ0v) is 19.0. The van der Waals surface area contributed by atoms with Crippen LogP contribution in [0.3, 0.4) is 0 Å². The van der Waals surface area contributed by atoms with E-state index < -0.39 is 4.92 Å². The lowest BCUT2D eigenvalue weighted by molar-refractivity contribution is -0.384. The van der Waals surface area contributed by atoms with Gasteiger partial charge in [0, 0.05) is 23.9 Å². The fourth-order valence-corrected chi connectivity index (χ4v) is 3.21. The number of benzene rings is 3. The second kappa shape index (κ2) is 11.3. The van der Waals surface area contributed by atoms with Crippen molar-refractivity contribution in [3.63, 3.8) is 0 Å². The Balaban J connectivity index is 1.71. The largest absolute Gasteiger partial charge is 0.493 e. The van der Waals surface area contributed by atoms with Crippen LogP contribution in [0.15, 0.2) is 66.7 Å². The van der Waals surface area contributed by atoms with Gasteiger partial charge in [-0.1, -0.05) is 36.4 Å². The Morgan fingerprint density at radius 3 is 2.06 bits per heavy atom. The van der Waals surface area contributed by atoms with Crippen molar-refractivity contribution in [2.24, 2.45) is 0 Å². The highest BCUT2D eigenvalue weighted by atomic mass is 16.6. The molecule has 0 fully saturated rings. The van der Waals surface area contributed by atoms with E-state index in [9.17, 15) is 14.9 Å². The highest BCUT2D eigenvalue weighted by Crippen LogP contribution is 2.38. The van der Waals surface area contributed by atoms with Gasteiger partial charge in [0.2, 0.25) is 11.7 Å². The third-order valence-electron chi connectivity index (χ3n) is 4.82. The molecule has 0 atom stereocenters. The van der Waals surface area contributed by atoms with E-state index >= 15 is 0 Å². The van der Waals surface area contributed by atoms with Crippen LogP contribution in [0.5, 0.6) is 17.2 Å². The van der Waals surface area contributed by atoms with Gasteiger partial charge in [0.1, 0.15) is 0 Å². The Kier molecular flexibility index (Phi) is 8.02. The number of amides is 1. The molecule has 0 heterocycles. The molecule has 174 valence electrons. The molecule has 8 heteroatoms. The zero-order valence-electron chi connectivity index (χ0n) is 19.0. The molecule has 1 amide bonds. The first-order valence-corrected chi connectivity index (χ1v) is 10.2. The number of nitrogens with one attached hydrogen (secondary N) is 1. The van der Waals surface area contributed by atoms with Crippen LogP contribution >= 0.6 is 0 Å². The van der Waals surface area contributed by atoms with Gasteiger partial charge in [-0.15, -0.1) is 0 Å². The zero-order chi connectivity index (χ0) is 24.5. The van der Waals surface area contributed by atoms with Crippen molar-refractivity contribution in [2.75, 3.05) is 26.6 Å². The van der Waals surface area contributed by atoms with Crippen molar-refractivity contribution in [3.05, 3.63) is 93.5 Å². The van der Waals surface area contributed by atoms with Crippen LogP contribution in [0.2, 0.25) is 0 Å². The summed E-state index contributed by atoms with van der Waals surface area (Å²) in [6.07, 6.45) is 6.65. The third kappa shape index (κ3) is 6.23. The average Bonchev–Trinajstić information content (AvgIpc) is 2.85. The maximum Gasteiger partial charge on any atom is 0.270 e. The van der Waals surface area contributed by atoms with E-state index in [0.717, 1.165) is 11.1 Å². The summed E-state index contributed by atoms with van der Waals surface area (Å²) in [5, 5.41) is 13.7. The molecule has 0 saturated heterocycles. The van der Waals surface area contributed by atoms with Crippen LogP contribution in [0.25, 0.3) is 18.2 Å². The summed E-state index contributed by atoms with van der Waals surface area (Å²) in [4.78, 5) is 22.7. The van der Waals surface area contributed by atoms with Gasteiger partial charge in [-0.05, 0) is 47.0 Å². The lowest BCUT2D eigenvalue weighted by Gasteiger charge is -2.12. The molecule has 0 aliphatic heterocycles. The van der Waals surface area contributed by atoms with E-state index in [1.165, 1.54) is 24.3 Å². The minimum Gasteiger partial charge on any atom is -0.493 e. The number of non-ortho nitro benzene ring substituents is 1. The molecule has 3 aromatic rings. The van der Waals surface area contributed by atoms with Gasteiger partial charge >= 0.3 is 0 Å². The van der Waals surface area contributed by atoms with E-state index in [0.29, 0.717) is 28.5 Å². The summed E-state index contributed by atoms with van der Waals surface area (Å²) in [6, 6.07) is 17.1. The first-order valence-electron chi connectivity index (χ1n) is 10.2. The Bertz CT molecular complexity index is 1220. The van der Waals surface area contributed by atoms with Gasteiger partial charge < -0.3 is 19.5 Å². The quantitative estimate of drug-likeness (QED) is 0.197. The summed E-state index contributed by atoms with van der Waals surface area (Å²) < 4.78 is 16.1. The Hall–Kier alpha value is -4.59. The van der Waals surface area contributed by atoms with Gasteiger partial charge in [-0.2, -0.15) is 0 Å². The molecule has 0 bridgehead atoms. The number of methoxy groups -OCH3 is 3. The molecule has 3 rings (SSSR count). The summed E-state index contributed by atoms with van der Waals surface area (Å²) in [7, 11) is 4.67. The first-order chi connectivity index (χ1) is 16.4. The van der Waals surface area contributed by atoms with Crippen molar-refractivity contribution in [1.29, 1.82) is 0 Å². The Labute approximate surface area is 197 Å². The van der Waals surface area contributed by atoms with Crippen LogP contribution in [-0.2, 0) is 4.79 Å². The first kappa shape index (κ1) is 24.1. The van der Waals surface area contributed by atoms with Gasteiger partial charge in [-0.25, -0.2) is 0 Å². The number of hydrogen-bond donors (Lipinski definition) is 1. The molecule has 3 aromatic carbocycles. The monoisotopic (exact) mass is 460 g/mol. The lowest BCUT2D eigenvalue weighted by Crippen LogP contribution is -2.07. The van der Waals surface area contributed by atoms with Crippen LogP contribution in [0, 0.1) is 10.1 Å². The number of nitro groups is 1. The number of nitro benzene ring substituents is 1. The van der Waals surface area contributed by atoms with E-state index in [2.05, 4.69) is 5.32 Å². The van der Waals surface area contributed by atoms with Crippen molar-refractivity contribution >= 4 is 35.5 Å². The minimum absolute atomic E-state index is 0.0332. The highest BCUT2D eigenvalue weighted by molar-refractivity contribution is 6.02. The van der Waals surface area contributed by atoms with Gasteiger partial charge in [0.15, 0.2) is 11.5 Å². The van der Waals surface area contributed by atoms with Crippen LogP contribution in [-0.4, -0.2) is 32.2 Å². The van der Waals surface area contributed by atoms with E-state index in [1.54, 1.807) is 39.5 Å². The van der Waals surface area contributed by atoms with Gasteiger partial charge in [0.05, 0.1) is 26.3 Å². The van der Waals surface area contributed by atoms with E-state index in [1.807, 2.05) is 42.5 Å². The highest BCUT2D eigenvalue weighted by Gasteiger charge is 2.12. The standard InChI is InChI=1S/C26H24N2O6/c1-32-23-16-20(17-24(33-2)26(23)34-3)11-10-18-6-4-8-21(14-18)27-25(29)13-12-19-7-5-9-22(15-19)28(30)31/h4-17H,1-3H3,(H,27,29)/b11-10?,13-12+. The minimum atomic E-state index is -0.478. The van der Waals surface area contributed by atoms with Crippen molar-refractivity contribution in [1.82, 2.24) is 0 Å². The van der Waals surface area contributed by atoms with Gasteiger partial charge in [0.25, 0.3) is 5.69 Å². The number of ether oxygens (including phenoxy) is 3. The molecule has 0 radical (unpaired) electrons. The van der Waals surface area contributed by atoms with Crippen LogP contribution in [0.4, 0.5) is 11.4 Å². The Morgan fingerprint density at radius 1 is 0.824 bits per heavy atom. The summed E-state index contributed by atoms with van der Waals surface area (Å²) in [6.45, 7) is 0. The summed E-state index contributed by atoms with van der Waals surface area (Å²) in [5.41, 5.74) is 2.86. The lowest BCUT2D eigenvalue weighted by atomic mass is 10.1. The molecule has 34 heavy (non-hydrogen) atoms. The molecular formula is C26H24N2O6. The Morgan fingerprint density at radius 2 is 1.44 bits per heavy atom. The number of carbonyl (C=O) groups is 1. The summed E-state index contributed by atoms with van der Waals surface area (Å²) in [5.74, 6) is 1.28. The van der Waals surface area contributed by atoms with E-state index in [-0.39, 0.29) is 11.6 Å². The molecule has 0 aliphatic rings. The topological polar surface area (TPSA) is 99.9 Å². The number of anilines is 1. The van der Waals surface area contributed by atoms with Crippen molar-refractivity contribution < 1.29 is 23.9 Å². The fraction of sp³-hybridized carbons (Fsp3) is 0.115. The second-order valence-corrected chi connectivity index (χ2v) is 7.09. The van der Waals surface area contributed by atoms with Crippen LogP contribution in [0.1, 0.15) is 16.7 Å². The summed E-state index contributed by atoms with van der Waals surface area (Å²) >= 11 is 0. The van der Waals surface area contributed by atoms with Crippen LogP contribution < -0.4 is 19.5 Å². The fourth-order valence-electron chi connectivity index (χ4n) is 3.21. The molecule has 0 unspecified atom stereocenters. The predicted molar refractivity (Wildman–Crippen MR) is 132 cm³/mol. The molecule has 0 aliphatic carbocycles. The second-order valence-electron chi connectivity index (χ2n) is 7.09. The number of rotatable bonds is 9. The SMILES string of the molecule is COc1cc(C=Cc2cccc(NC(=O)/C=C/c3cccc([N+](=O)[O-])c3)c2)cc(OC)c1OC. The molecule has 0 spiro atoms. The van der Waals surface area contributed by atoms with Crippen molar-refractivity contribution in [2.45, 2.75) is 0 Å². The third-order valence-corrected chi connectivity index (χ3v) is 4.82. The molecule has 0 aromatic heterocycles. The number of hydrogen-bond acceptors (Lipinski definition) is 6. The average molecular weight is 460 g/mol. The molecular weight excluding hydrogens is 436 g/mol. The number of carbonyl (C=O) groups excluding carboxylic acids is 1. The molecule has 8 nitrogen and oxygen atoms in total. The van der Waals surface area contributed by atoms with Gasteiger partial charge in [-0.3, -0.25) is 14.9 Å².